The third-order valence-corrected chi connectivity index (χ3v) is 6.84. The average Bonchev–Trinajstić information content (AvgIpc) is 3.56. The molecular formula is C36H52N4O7. The average molecular weight is 653 g/mol. The largest absolute Gasteiger partial charge is 0.444 e. The minimum Gasteiger partial charge on any atom is -0.444 e. The van der Waals surface area contributed by atoms with Crippen molar-refractivity contribution in [2.45, 2.75) is 79.7 Å². The molecule has 47 heavy (non-hydrogen) atoms. The minimum absolute atomic E-state index is 0.188. The Bertz CT molecular complexity index is 1380. The molecule has 2 aromatic rings. The van der Waals surface area contributed by atoms with Crippen molar-refractivity contribution in [3.63, 3.8) is 0 Å². The fourth-order valence-corrected chi connectivity index (χ4v) is 4.59. The van der Waals surface area contributed by atoms with E-state index < -0.39 is 17.3 Å². The third kappa shape index (κ3) is 13.0. The number of nitrogens with zero attached hydrogens (tertiary/aromatic N) is 3. The van der Waals surface area contributed by atoms with Crippen LogP contribution in [0.15, 0.2) is 83.2 Å². The Balaban J connectivity index is 0.000000401. The quantitative estimate of drug-likeness (QED) is 0.353. The van der Waals surface area contributed by atoms with Crippen LogP contribution in [0.2, 0.25) is 0 Å². The third-order valence-electron chi connectivity index (χ3n) is 6.84. The van der Waals surface area contributed by atoms with Gasteiger partial charge in [-0.3, -0.25) is 14.7 Å². The topological polar surface area (TPSA) is 135 Å². The van der Waals surface area contributed by atoms with E-state index in [1.54, 1.807) is 14.7 Å². The van der Waals surface area contributed by atoms with Gasteiger partial charge in [0.25, 0.3) is 0 Å². The first-order chi connectivity index (χ1) is 22.0. The summed E-state index contributed by atoms with van der Waals surface area (Å²) in [4.78, 5) is 42.1. The molecule has 0 bridgehead atoms. The summed E-state index contributed by atoms with van der Waals surface area (Å²) in [6, 6.07) is 19.3. The fourth-order valence-electron chi connectivity index (χ4n) is 4.59. The Kier molecular flexibility index (Phi) is 14.3. The number of ether oxygens (including phenoxy) is 3. The molecule has 2 aliphatic heterocycles. The van der Waals surface area contributed by atoms with E-state index in [-0.39, 0.29) is 18.8 Å². The molecule has 0 saturated heterocycles. The van der Waals surface area contributed by atoms with Gasteiger partial charge in [-0.2, -0.15) is 0 Å². The molecule has 258 valence electrons. The van der Waals surface area contributed by atoms with Gasteiger partial charge in [0, 0.05) is 31.6 Å². The summed E-state index contributed by atoms with van der Waals surface area (Å²) in [5, 5.41) is 7.00. The molecule has 0 unspecified atom stereocenters. The molecule has 0 spiro atoms. The molecule has 11 heteroatoms. The molecule has 2 aromatic carbocycles. The number of amides is 3. The highest BCUT2D eigenvalue weighted by atomic mass is 16.6. The molecule has 0 aliphatic carbocycles. The molecule has 2 aliphatic rings. The van der Waals surface area contributed by atoms with Crippen LogP contribution in [0.5, 0.6) is 0 Å². The van der Waals surface area contributed by atoms with E-state index >= 15 is 0 Å². The predicted octanol–water partition coefficient (Wildman–Crippen LogP) is 6.43. The first kappa shape index (κ1) is 38.7. The Morgan fingerprint density at radius 2 is 1.17 bits per heavy atom. The lowest BCUT2D eigenvalue weighted by atomic mass is 10.2. The molecule has 0 radical (unpaired) electrons. The Morgan fingerprint density at radius 3 is 1.62 bits per heavy atom. The molecular weight excluding hydrogens is 600 g/mol. The van der Waals surface area contributed by atoms with Gasteiger partial charge in [-0.05, 0) is 77.7 Å². The van der Waals surface area contributed by atoms with E-state index in [1.807, 2.05) is 116 Å². The van der Waals surface area contributed by atoms with E-state index in [1.165, 1.54) is 0 Å². The number of hydrogen-bond acceptors (Lipinski definition) is 8. The monoisotopic (exact) mass is 652 g/mol. The molecule has 3 amide bonds. The highest BCUT2D eigenvalue weighted by Gasteiger charge is 2.33. The highest BCUT2D eigenvalue weighted by Crippen LogP contribution is 2.26. The SMILES string of the molecule is CC1=C(N(Cc2ccccc2)C(=O)OCc2ccccc2)CN(C(=O)OC(C)(C)C)C1.CC1=C(N)CN(C(=O)OC(C)(C)C)C1.CO. The van der Waals surface area contributed by atoms with Gasteiger partial charge < -0.3 is 25.1 Å². The summed E-state index contributed by atoms with van der Waals surface area (Å²) in [7, 11) is 1.00. The van der Waals surface area contributed by atoms with Gasteiger partial charge in [-0.1, -0.05) is 60.7 Å². The first-order valence-electron chi connectivity index (χ1n) is 15.6. The number of hydrogen-bond donors (Lipinski definition) is 2. The molecule has 4 rings (SSSR count). The van der Waals surface area contributed by atoms with Gasteiger partial charge in [0.1, 0.15) is 17.8 Å². The van der Waals surface area contributed by atoms with Crippen LogP contribution in [0.4, 0.5) is 14.4 Å². The summed E-state index contributed by atoms with van der Waals surface area (Å²) in [6.45, 7) is 17.3. The molecule has 11 nitrogen and oxygen atoms in total. The number of rotatable bonds is 5. The zero-order chi connectivity index (χ0) is 35.4. The smallest absolute Gasteiger partial charge is 0.414 e. The normalized spacial score (nSPS) is 14.5. The van der Waals surface area contributed by atoms with Gasteiger partial charge in [-0.25, -0.2) is 14.4 Å². The first-order valence-corrected chi connectivity index (χ1v) is 15.6. The molecule has 2 heterocycles. The summed E-state index contributed by atoms with van der Waals surface area (Å²) in [6.07, 6.45) is -1.12. The van der Waals surface area contributed by atoms with Crippen molar-refractivity contribution in [3.05, 3.63) is 94.3 Å². The van der Waals surface area contributed by atoms with Crippen molar-refractivity contribution in [1.82, 2.24) is 14.7 Å². The number of carbonyl (C=O) groups excluding carboxylic acids is 3. The van der Waals surface area contributed by atoms with E-state index in [9.17, 15) is 14.4 Å². The number of nitrogens with two attached hydrogens (primary N) is 1. The summed E-state index contributed by atoms with van der Waals surface area (Å²) >= 11 is 0. The molecule has 0 aromatic heterocycles. The van der Waals surface area contributed by atoms with E-state index in [0.717, 1.165) is 40.8 Å². The van der Waals surface area contributed by atoms with Gasteiger partial charge in [-0.15, -0.1) is 0 Å². The maximum atomic E-state index is 13.1. The van der Waals surface area contributed by atoms with E-state index in [0.29, 0.717) is 32.7 Å². The van der Waals surface area contributed by atoms with Crippen molar-refractivity contribution < 1.29 is 33.7 Å². The summed E-state index contributed by atoms with van der Waals surface area (Å²) < 4.78 is 16.3. The van der Waals surface area contributed by atoms with Crippen LogP contribution < -0.4 is 5.73 Å². The lowest BCUT2D eigenvalue weighted by molar-refractivity contribution is 0.0283. The molecule has 0 atom stereocenters. The lowest BCUT2D eigenvalue weighted by Gasteiger charge is -2.27. The van der Waals surface area contributed by atoms with Gasteiger partial charge >= 0.3 is 18.3 Å². The van der Waals surface area contributed by atoms with Crippen LogP contribution in [0.3, 0.4) is 0 Å². The number of carbonyl (C=O) groups is 3. The minimum atomic E-state index is -0.577. The van der Waals surface area contributed by atoms with Crippen molar-refractivity contribution in [1.29, 1.82) is 0 Å². The van der Waals surface area contributed by atoms with Crippen LogP contribution in [0.25, 0.3) is 0 Å². The standard InChI is InChI=1S/C25H30N2O4.C10H18N2O2.CH4O/c1-19-15-26(23(28)31-25(2,3)4)17-22(19)27(16-20-11-7-5-8-12-20)24(29)30-18-21-13-9-6-10-14-21;1-7-5-12(6-8(7)11)9(13)14-10(2,3)4;1-2/h5-14H,15-18H2,1-4H3;5-6,11H2,1-4H3;2H,1H3. The maximum absolute atomic E-state index is 13.1. The predicted molar refractivity (Wildman–Crippen MR) is 182 cm³/mol. The highest BCUT2D eigenvalue weighted by molar-refractivity contribution is 5.73. The van der Waals surface area contributed by atoms with Gasteiger partial charge in [0.2, 0.25) is 0 Å². The second kappa shape index (κ2) is 17.4. The van der Waals surface area contributed by atoms with Crippen LogP contribution in [0.1, 0.15) is 66.5 Å². The molecule has 0 saturated carbocycles. The summed E-state index contributed by atoms with van der Waals surface area (Å²) in [5.74, 6) is 0. The second-order valence-corrected chi connectivity index (χ2v) is 13.3. The zero-order valence-corrected chi connectivity index (χ0v) is 29.3. The number of benzene rings is 2. The van der Waals surface area contributed by atoms with E-state index in [2.05, 4.69) is 0 Å². The van der Waals surface area contributed by atoms with Crippen molar-refractivity contribution in [2.24, 2.45) is 5.73 Å². The van der Waals surface area contributed by atoms with Crippen molar-refractivity contribution in [2.75, 3.05) is 33.3 Å². The molecule has 3 N–H and O–H groups in total. The van der Waals surface area contributed by atoms with Crippen LogP contribution in [-0.2, 0) is 27.4 Å². The lowest BCUT2D eigenvalue weighted by Crippen LogP contribution is -2.38. The fraction of sp³-hybridized carbons (Fsp3) is 0.472. The van der Waals surface area contributed by atoms with Gasteiger partial charge in [0.15, 0.2) is 0 Å². The van der Waals surface area contributed by atoms with Crippen LogP contribution >= 0.6 is 0 Å². The maximum Gasteiger partial charge on any atom is 0.414 e. The summed E-state index contributed by atoms with van der Waals surface area (Å²) in [5.41, 5.74) is 10.1. The second-order valence-electron chi connectivity index (χ2n) is 13.3. The Morgan fingerprint density at radius 1 is 0.723 bits per heavy atom. The Labute approximate surface area is 279 Å². The Hall–Kier alpha value is -4.51. The molecule has 0 fully saturated rings. The number of aliphatic hydroxyl groups excluding tert-OH is 1. The van der Waals surface area contributed by atoms with E-state index in [4.69, 9.17) is 25.1 Å². The van der Waals surface area contributed by atoms with Crippen LogP contribution in [-0.4, -0.2) is 82.6 Å². The zero-order valence-electron chi connectivity index (χ0n) is 29.3. The van der Waals surface area contributed by atoms with Crippen molar-refractivity contribution in [3.8, 4) is 0 Å². The van der Waals surface area contributed by atoms with Gasteiger partial charge in [0.05, 0.1) is 19.6 Å². The van der Waals surface area contributed by atoms with Crippen molar-refractivity contribution >= 4 is 18.3 Å². The number of aliphatic hydroxyl groups is 1. The van der Waals surface area contributed by atoms with Crippen LogP contribution in [0, 0.1) is 0 Å².